The highest BCUT2D eigenvalue weighted by Crippen LogP contribution is 2.22. The fourth-order valence-electron chi connectivity index (χ4n) is 3.76. The highest BCUT2D eigenvalue weighted by atomic mass is 16.1. The molecule has 0 bridgehead atoms. The Bertz CT molecular complexity index is 697. The van der Waals surface area contributed by atoms with Gasteiger partial charge in [0.1, 0.15) is 0 Å². The highest BCUT2D eigenvalue weighted by molar-refractivity contribution is 5.93. The van der Waals surface area contributed by atoms with Crippen LogP contribution in [0.2, 0.25) is 0 Å². The Morgan fingerprint density at radius 3 is 2.40 bits per heavy atom. The van der Waals surface area contributed by atoms with Crippen LogP contribution in [0.3, 0.4) is 0 Å². The van der Waals surface area contributed by atoms with E-state index in [0.717, 1.165) is 23.9 Å². The number of nitrogens with one attached hydrogen (secondary N) is 1. The first-order valence-corrected chi connectivity index (χ1v) is 9.06. The molecule has 2 heterocycles. The fourth-order valence-corrected chi connectivity index (χ4v) is 3.76. The minimum absolute atomic E-state index is 0.0894. The molecule has 2 atom stereocenters. The van der Waals surface area contributed by atoms with E-state index in [1.54, 1.807) is 24.1 Å². The van der Waals surface area contributed by atoms with Gasteiger partial charge in [-0.2, -0.15) is 5.10 Å². The molecule has 1 amide bonds. The summed E-state index contributed by atoms with van der Waals surface area (Å²) in [5, 5.41) is 6.96. The Kier molecular flexibility index (Phi) is 5.53. The molecule has 1 N–H and O–H groups in total. The number of aromatic nitrogens is 2. The molecular weight excluding hydrogens is 312 g/mol. The first-order valence-electron chi connectivity index (χ1n) is 9.06. The average molecular weight is 340 g/mol. The number of carbonyl (C=O) groups excluding carboxylic acids is 1. The molecule has 134 valence electrons. The van der Waals surface area contributed by atoms with Gasteiger partial charge in [-0.25, -0.2) is 0 Å². The lowest BCUT2D eigenvalue weighted by atomic mass is 9.91. The number of carbonyl (C=O) groups is 1. The number of nitrogens with zero attached hydrogens (tertiary/aromatic N) is 3. The van der Waals surface area contributed by atoms with Gasteiger partial charge in [0.25, 0.3) is 5.91 Å². The molecule has 3 rings (SSSR count). The summed E-state index contributed by atoms with van der Waals surface area (Å²) >= 11 is 0. The van der Waals surface area contributed by atoms with Gasteiger partial charge >= 0.3 is 0 Å². The summed E-state index contributed by atoms with van der Waals surface area (Å²) in [7, 11) is 1.80. The largest absolute Gasteiger partial charge is 0.348 e. The smallest absolute Gasteiger partial charge is 0.254 e. The maximum absolute atomic E-state index is 12.1. The van der Waals surface area contributed by atoms with Crippen molar-refractivity contribution >= 4 is 5.91 Å². The molecule has 5 heteroatoms. The van der Waals surface area contributed by atoms with Crippen LogP contribution < -0.4 is 5.32 Å². The van der Waals surface area contributed by atoms with Gasteiger partial charge in [0, 0.05) is 39.4 Å². The van der Waals surface area contributed by atoms with Crippen molar-refractivity contribution in [3.63, 3.8) is 0 Å². The summed E-state index contributed by atoms with van der Waals surface area (Å²) in [4.78, 5) is 14.6. The monoisotopic (exact) mass is 340 g/mol. The number of hydrogen-bond donors (Lipinski definition) is 1. The summed E-state index contributed by atoms with van der Waals surface area (Å²) in [5.74, 6) is 1.48. The van der Waals surface area contributed by atoms with Crippen molar-refractivity contribution in [1.29, 1.82) is 0 Å². The van der Waals surface area contributed by atoms with Crippen LogP contribution in [0.5, 0.6) is 0 Å². The third kappa shape index (κ3) is 4.92. The van der Waals surface area contributed by atoms with Crippen molar-refractivity contribution in [2.45, 2.75) is 33.4 Å². The Balaban J connectivity index is 1.51. The predicted octanol–water partition coefficient (Wildman–Crippen LogP) is 2.83. The van der Waals surface area contributed by atoms with E-state index in [2.05, 4.69) is 53.4 Å². The van der Waals surface area contributed by atoms with Crippen LogP contribution in [0.1, 0.15) is 41.8 Å². The summed E-state index contributed by atoms with van der Waals surface area (Å²) in [6, 6.07) is 8.57. The minimum atomic E-state index is -0.0894. The SMILES string of the molecule is C[C@H]1C[C@H](C)CN(Cc2ccc(CNC(=O)c3cnn(C)c3)cc2)C1. The van der Waals surface area contributed by atoms with Gasteiger partial charge in [-0.05, 0) is 29.4 Å². The second-order valence-electron chi connectivity index (χ2n) is 7.54. The van der Waals surface area contributed by atoms with E-state index < -0.39 is 0 Å². The van der Waals surface area contributed by atoms with Gasteiger partial charge in [0.15, 0.2) is 0 Å². The third-order valence-electron chi connectivity index (χ3n) is 4.79. The van der Waals surface area contributed by atoms with Crippen LogP contribution >= 0.6 is 0 Å². The van der Waals surface area contributed by atoms with Crippen molar-refractivity contribution in [1.82, 2.24) is 20.0 Å². The number of amides is 1. The summed E-state index contributed by atoms with van der Waals surface area (Å²) in [5.41, 5.74) is 3.04. The third-order valence-corrected chi connectivity index (χ3v) is 4.79. The van der Waals surface area contributed by atoms with Gasteiger partial charge in [0.05, 0.1) is 11.8 Å². The van der Waals surface area contributed by atoms with Gasteiger partial charge in [-0.3, -0.25) is 14.4 Å². The van der Waals surface area contributed by atoms with Crippen molar-refractivity contribution in [2.75, 3.05) is 13.1 Å². The van der Waals surface area contributed by atoms with Gasteiger partial charge in [-0.1, -0.05) is 38.1 Å². The summed E-state index contributed by atoms with van der Waals surface area (Å²) in [6.45, 7) is 8.61. The molecule has 0 aliphatic carbocycles. The Morgan fingerprint density at radius 1 is 1.16 bits per heavy atom. The molecule has 0 radical (unpaired) electrons. The molecule has 1 aliphatic rings. The molecular formula is C20H28N4O. The zero-order chi connectivity index (χ0) is 17.8. The zero-order valence-electron chi connectivity index (χ0n) is 15.4. The van der Waals surface area contributed by atoms with Crippen LogP contribution in [0.15, 0.2) is 36.7 Å². The van der Waals surface area contributed by atoms with Gasteiger partial charge in [-0.15, -0.1) is 0 Å². The molecule has 25 heavy (non-hydrogen) atoms. The quantitative estimate of drug-likeness (QED) is 0.910. The molecule has 1 aromatic heterocycles. The fraction of sp³-hybridized carbons (Fsp3) is 0.500. The normalized spacial score (nSPS) is 21.2. The number of likely N-dealkylation sites (tertiary alicyclic amines) is 1. The topological polar surface area (TPSA) is 50.2 Å². The van der Waals surface area contributed by atoms with Crippen molar-refractivity contribution in [3.05, 3.63) is 53.3 Å². The molecule has 0 saturated carbocycles. The lowest BCUT2D eigenvalue weighted by Gasteiger charge is -2.35. The molecule has 1 saturated heterocycles. The first kappa shape index (κ1) is 17.7. The molecule has 0 spiro atoms. The van der Waals surface area contributed by atoms with Crippen molar-refractivity contribution < 1.29 is 4.79 Å². The number of benzene rings is 1. The first-order chi connectivity index (χ1) is 12.0. The second kappa shape index (κ2) is 7.83. The number of aryl methyl sites for hydroxylation is 1. The Morgan fingerprint density at radius 2 is 1.80 bits per heavy atom. The zero-order valence-corrected chi connectivity index (χ0v) is 15.4. The standard InChI is InChI=1S/C20H28N4O/c1-15-8-16(2)12-24(11-15)13-18-6-4-17(5-7-18)9-21-20(25)19-10-22-23(3)14-19/h4-7,10,14-16H,8-9,11-13H2,1-3H3,(H,21,25)/t15-,16-/m0/s1. The molecule has 5 nitrogen and oxygen atoms in total. The van der Waals surface area contributed by atoms with E-state index in [4.69, 9.17) is 0 Å². The van der Waals surface area contributed by atoms with Gasteiger partial charge in [0.2, 0.25) is 0 Å². The van der Waals surface area contributed by atoms with Crippen LogP contribution in [0.4, 0.5) is 0 Å². The minimum Gasteiger partial charge on any atom is -0.348 e. The molecule has 2 aromatic rings. The number of rotatable bonds is 5. The molecule has 0 unspecified atom stereocenters. The van der Waals surface area contributed by atoms with Crippen molar-refractivity contribution in [2.24, 2.45) is 18.9 Å². The van der Waals surface area contributed by atoms with E-state index in [1.807, 2.05) is 0 Å². The van der Waals surface area contributed by atoms with Crippen molar-refractivity contribution in [3.8, 4) is 0 Å². The van der Waals surface area contributed by atoms with E-state index in [1.165, 1.54) is 25.1 Å². The van der Waals surface area contributed by atoms with Crippen LogP contribution in [-0.2, 0) is 20.1 Å². The van der Waals surface area contributed by atoms with E-state index in [-0.39, 0.29) is 5.91 Å². The van der Waals surface area contributed by atoms with Crippen LogP contribution in [0, 0.1) is 11.8 Å². The maximum atomic E-state index is 12.1. The second-order valence-corrected chi connectivity index (χ2v) is 7.54. The maximum Gasteiger partial charge on any atom is 0.254 e. The van der Waals surface area contributed by atoms with Gasteiger partial charge < -0.3 is 5.32 Å². The van der Waals surface area contributed by atoms with Crippen LogP contribution in [0.25, 0.3) is 0 Å². The average Bonchev–Trinajstić information content (AvgIpc) is 2.99. The lowest BCUT2D eigenvalue weighted by molar-refractivity contribution is 0.0951. The molecule has 1 aliphatic heterocycles. The molecule has 1 aromatic carbocycles. The van der Waals surface area contributed by atoms with E-state index in [9.17, 15) is 4.79 Å². The summed E-state index contributed by atoms with van der Waals surface area (Å²) in [6.07, 6.45) is 4.64. The predicted molar refractivity (Wildman–Crippen MR) is 99.0 cm³/mol. The van der Waals surface area contributed by atoms with Crippen LogP contribution in [-0.4, -0.2) is 33.7 Å². The lowest BCUT2D eigenvalue weighted by Crippen LogP contribution is -2.38. The highest BCUT2D eigenvalue weighted by Gasteiger charge is 2.21. The Labute approximate surface area is 150 Å². The number of hydrogen-bond acceptors (Lipinski definition) is 3. The summed E-state index contributed by atoms with van der Waals surface area (Å²) < 4.78 is 1.63. The Hall–Kier alpha value is -2.14. The van der Waals surface area contributed by atoms with E-state index in [0.29, 0.717) is 12.1 Å². The van der Waals surface area contributed by atoms with E-state index >= 15 is 0 Å². The number of piperidine rings is 1. The molecule has 1 fully saturated rings.